The first-order chi connectivity index (χ1) is 16.7. The molecule has 9 heteroatoms. The molecule has 35 heavy (non-hydrogen) atoms. The van der Waals surface area contributed by atoms with E-state index in [1.54, 1.807) is 66.9 Å². The molecule has 2 aromatic carbocycles. The Hall–Kier alpha value is -3.85. The molecule has 1 unspecified atom stereocenters. The van der Waals surface area contributed by atoms with Gasteiger partial charge in [0.15, 0.2) is 0 Å². The van der Waals surface area contributed by atoms with Gasteiger partial charge in [-0.15, -0.1) is 0 Å². The monoisotopic (exact) mass is 483 g/mol. The van der Waals surface area contributed by atoms with Gasteiger partial charge in [0.2, 0.25) is 0 Å². The fourth-order valence-corrected chi connectivity index (χ4v) is 4.02. The molecule has 0 aliphatic heterocycles. The lowest BCUT2D eigenvalue weighted by molar-refractivity contribution is -0.130. The van der Waals surface area contributed by atoms with Crippen molar-refractivity contribution in [1.29, 1.82) is 0 Å². The number of ether oxygens (including phenoxy) is 2. The van der Waals surface area contributed by atoms with Crippen LogP contribution in [0.5, 0.6) is 5.75 Å². The maximum absolute atomic E-state index is 15.0. The number of carbonyl (C=O) groups excluding carboxylic acids is 1. The average Bonchev–Trinajstić information content (AvgIpc) is 3.12. The van der Waals surface area contributed by atoms with Gasteiger partial charge in [-0.1, -0.05) is 42.5 Å². The van der Waals surface area contributed by atoms with Crippen LogP contribution in [0.1, 0.15) is 29.4 Å². The fraction of sp³-hybridized carbons (Fsp3) is 0.231. The van der Waals surface area contributed by atoms with E-state index in [1.807, 2.05) is 0 Å². The highest BCUT2D eigenvalue weighted by atomic mass is 19.3. The predicted molar refractivity (Wildman–Crippen MR) is 125 cm³/mol. The SMILES string of the molecule is Cc1nc2cc(F)c(-c3ccc(C(C)(N)COC=O)cc3)cn2c1Cc1ccccc1OC(F)F. The van der Waals surface area contributed by atoms with Gasteiger partial charge >= 0.3 is 6.61 Å². The Morgan fingerprint density at radius 2 is 1.89 bits per heavy atom. The Kier molecular flexibility index (Phi) is 6.79. The molecular weight excluding hydrogens is 459 g/mol. The summed E-state index contributed by atoms with van der Waals surface area (Å²) >= 11 is 0. The molecule has 0 bridgehead atoms. The van der Waals surface area contributed by atoms with Crippen molar-refractivity contribution in [2.24, 2.45) is 5.73 Å². The molecule has 2 aromatic heterocycles. The van der Waals surface area contributed by atoms with Crippen LogP contribution in [0.2, 0.25) is 0 Å². The highest BCUT2D eigenvalue weighted by molar-refractivity contribution is 5.66. The number of hydrogen-bond acceptors (Lipinski definition) is 5. The number of hydrogen-bond donors (Lipinski definition) is 1. The number of nitrogens with zero attached hydrogens (tertiary/aromatic N) is 2. The topological polar surface area (TPSA) is 78.9 Å². The normalized spacial score (nSPS) is 13.1. The number of aryl methyl sites for hydroxylation is 1. The number of carbonyl (C=O) groups is 1. The minimum Gasteiger partial charge on any atom is -0.466 e. The second-order valence-electron chi connectivity index (χ2n) is 8.47. The molecule has 6 nitrogen and oxygen atoms in total. The molecule has 0 aliphatic carbocycles. The molecule has 0 amide bonds. The minimum atomic E-state index is -2.94. The second kappa shape index (κ2) is 9.79. The van der Waals surface area contributed by atoms with Gasteiger partial charge in [0.05, 0.1) is 11.2 Å². The third-order valence-corrected chi connectivity index (χ3v) is 5.86. The van der Waals surface area contributed by atoms with Gasteiger partial charge in [0.1, 0.15) is 23.8 Å². The van der Waals surface area contributed by atoms with E-state index in [2.05, 4.69) is 9.72 Å². The minimum absolute atomic E-state index is 0.00455. The molecule has 0 radical (unpaired) electrons. The van der Waals surface area contributed by atoms with Gasteiger partial charge in [-0.2, -0.15) is 8.78 Å². The number of para-hydroxylation sites is 1. The van der Waals surface area contributed by atoms with E-state index < -0.39 is 18.0 Å². The Bertz CT molecular complexity index is 1350. The summed E-state index contributed by atoms with van der Waals surface area (Å²) < 4.78 is 52.0. The number of imidazole rings is 1. The molecule has 182 valence electrons. The van der Waals surface area contributed by atoms with Crippen molar-refractivity contribution in [3.63, 3.8) is 0 Å². The number of nitrogens with two attached hydrogens (primary N) is 1. The van der Waals surface area contributed by atoms with Crippen LogP contribution in [-0.2, 0) is 21.5 Å². The molecule has 0 spiro atoms. The Labute approximate surface area is 200 Å². The number of fused-ring (bicyclic) bond motifs is 1. The van der Waals surface area contributed by atoms with Crippen LogP contribution < -0.4 is 10.5 Å². The summed E-state index contributed by atoms with van der Waals surface area (Å²) in [4.78, 5) is 15.0. The van der Waals surface area contributed by atoms with Crippen molar-refractivity contribution in [2.45, 2.75) is 32.4 Å². The van der Waals surface area contributed by atoms with Crippen LogP contribution in [0, 0.1) is 12.7 Å². The van der Waals surface area contributed by atoms with Gasteiger partial charge in [0.25, 0.3) is 6.47 Å². The molecule has 2 N–H and O–H groups in total. The maximum Gasteiger partial charge on any atom is 0.387 e. The van der Waals surface area contributed by atoms with E-state index in [4.69, 9.17) is 10.5 Å². The zero-order valence-corrected chi connectivity index (χ0v) is 19.2. The van der Waals surface area contributed by atoms with Crippen molar-refractivity contribution in [3.05, 3.63) is 89.1 Å². The molecule has 1 atom stereocenters. The number of rotatable bonds is 9. The van der Waals surface area contributed by atoms with E-state index in [9.17, 15) is 13.6 Å². The van der Waals surface area contributed by atoms with E-state index in [0.717, 1.165) is 11.3 Å². The lowest BCUT2D eigenvalue weighted by atomic mass is 9.92. The van der Waals surface area contributed by atoms with Crippen molar-refractivity contribution in [1.82, 2.24) is 9.38 Å². The van der Waals surface area contributed by atoms with Gasteiger partial charge in [-0.25, -0.2) is 9.37 Å². The summed E-state index contributed by atoms with van der Waals surface area (Å²) in [5.41, 5.74) is 9.34. The quantitative estimate of drug-likeness (QED) is 0.340. The van der Waals surface area contributed by atoms with Gasteiger partial charge in [0, 0.05) is 35.5 Å². The average molecular weight is 483 g/mol. The van der Waals surface area contributed by atoms with Gasteiger partial charge in [-0.3, -0.25) is 4.79 Å². The third-order valence-electron chi connectivity index (χ3n) is 5.86. The first-order valence-corrected chi connectivity index (χ1v) is 10.8. The van der Waals surface area contributed by atoms with E-state index in [1.165, 1.54) is 12.1 Å². The molecular formula is C26H24F3N3O3. The Morgan fingerprint density at radius 3 is 2.57 bits per heavy atom. The van der Waals surface area contributed by atoms with E-state index in [-0.39, 0.29) is 18.8 Å². The first kappa shape index (κ1) is 24.3. The molecule has 4 aromatic rings. The smallest absolute Gasteiger partial charge is 0.387 e. The number of halogens is 3. The fourth-order valence-electron chi connectivity index (χ4n) is 4.02. The molecule has 0 saturated heterocycles. The van der Waals surface area contributed by atoms with Crippen LogP contribution in [0.4, 0.5) is 13.2 Å². The van der Waals surface area contributed by atoms with E-state index in [0.29, 0.717) is 34.5 Å². The zero-order valence-electron chi connectivity index (χ0n) is 19.2. The first-order valence-electron chi connectivity index (χ1n) is 10.8. The van der Waals surface area contributed by atoms with Crippen molar-refractivity contribution in [3.8, 4) is 16.9 Å². The Balaban J connectivity index is 1.71. The van der Waals surface area contributed by atoms with Crippen molar-refractivity contribution in [2.75, 3.05) is 6.61 Å². The van der Waals surface area contributed by atoms with Crippen LogP contribution >= 0.6 is 0 Å². The van der Waals surface area contributed by atoms with Crippen LogP contribution in [0.3, 0.4) is 0 Å². The molecule has 4 rings (SSSR count). The number of benzene rings is 2. The maximum atomic E-state index is 15.0. The standard InChI is InChI=1S/C26H24F3N3O3/c1-16-22(11-18-5-3-4-6-23(18)35-25(28)29)32-13-20(21(27)12-24(32)31-16)17-7-9-19(10-8-17)26(2,30)14-34-15-33/h3-10,12-13,15,25H,11,14,30H2,1-2H3. The zero-order chi connectivity index (χ0) is 25.2. The second-order valence-corrected chi connectivity index (χ2v) is 8.47. The van der Waals surface area contributed by atoms with Crippen molar-refractivity contribution < 1.29 is 27.4 Å². The van der Waals surface area contributed by atoms with E-state index >= 15 is 4.39 Å². The van der Waals surface area contributed by atoms with Crippen molar-refractivity contribution >= 4 is 12.1 Å². The summed E-state index contributed by atoms with van der Waals surface area (Å²) in [6, 6.07) is 14.9. The molecule has 0 saturated carbocycles. The molecule has 2 heterocycles. The lowest BCUT2D eigenvalue weighted by Gasteiger charge is -2.24. The van der Waals surface area contributed by atoms with Crippen LogP contribution in [0.15, 0.2) is 60.8 Å². The number of aromatic nitrogens is 2. The molecule has 0 fully saturated rings. The highest BCUT2D eigenvalue weighted by Gasteiger charge is 2.22. The van der Waals surface area contributed by atoms with Gasteiger partial charge in [-0.05, 0) is 31.0 Å². The molecule has 0 aliphatic rings. The highest BCUT2D eigenvalue weighted by Crippen LogP contribution is 2.30. The van der Waals surface area contributed by atoms with Crippen LogP contribution in [-0.4, -0.2) is 29.1 Å². The predicted octanol–water partition coefficient (Wildman–Crippen LogP) is 4.99. The summed E-state index contributed by atoms with van der Waals surface area (Å²) in [7, 11) is 0. The summed E-state index contributed by atoms with van der Waals surface area (Å²) in [5, 5.41) is 0. The third kappa shape index (κ3) is 5.14. The lowest BCUT2D eigenvalue weighted by Crippen LogP contribution is -2.38. The summed E-state index contributed by atoms with van der Waals surface area (Å²) in [5.74, 6) is -0.374. The van der Waals surface area contributed by atoms with Crippen LogP contribution in [0.25, 0.3) is 16.8 Å². The number of alkyl halides is 2. The largest absolute Gasteiger partial charge is 0.466 e. The summed E-state index contributed by atoms with van der Waals surface area (Å²) in [6.07, 6.45) is 1.91. The summed E-state index contributed by atoms with van der Waals surface area (Å²) in [6.45, 7) is 0.920. The van der Waals surface area contributed by atoms with Gasteiger partial charge < -0.3 is 19.6 Å². The Morgan fingerprint density at radius 1 is 1.17 bits per heavy atom. The number of pyridine rings is 1.